The molecular weight excluding hydrogens is 313 g/mol. The van der Waals surface area contributed by atoms with Crippen molar-refractivity contribution >= 4 is 34.8 Å². The SMILES string of the molecule is CN(CC(=O)Nc1cccc(Cl)c1Cl)CC1CNCCO1. The third-order valence-corrected chi connectivity index (χ3v) is 3.98. The zero-order valence-corrected chi connectivity index (χ0v) is 13.4. The van der Waals surface area contributed by atoms with E-state index in [4.69, 9.17) is 27.9 Å². The van der Waals surface area contributed by atoms with Gasteiger partial charge in [0.2, 0.25) is 5.91 Å². The second kappa shape index (κ2) is 7.96. The predicted molar refractivity (Wildman–Crippen MR) is 85.2 cm³/mol. The highest BCUT2D eigenvalue weighted by Gasteiger charge is 2.17. The minimum absolute atomic E-state index is 0.117. The van der Waals surface area contributed by atoms with Crippen molar-refractivity contribution in [2.24, 2.45) is 0 Å². The second-order valence-electron chi connectivity index (χ2n) is 5.04. The fourth-order valence-corrected chi connectivity index (χ4v) is 2.53. The molecule has 0 spiro atoms. The minimum Gasteiger partial charge on any atom is -0.374 e. The molecule has 1 heterocycles. The summed E-state index contributed by atoms with van der Waals surface area (Å²) < 4.78 is 5.61. The van der Waals surface area contributed by atoms with Gasteiger partial charge >= 0.3 is 0 Å². The predicted octanol–water partition coefficient (Wildman–Crippen LogP) is 1.85. The summed E-state index contributed by atoms with van der Waals surface area (Å²) in [5.41, 5.74) is 0.526. The molecule has 0 aromatic heterocycles. The Morgan fingerprint density at radius 1 is 1.52 bits per heavy atom. The largest absolute Gasteiger partial charge is 0.374 e. The van der Waals surface area contributed by atoms with Gasteiger partial charge in [-0.15, -0.1) is 0 Å². The van der Waals surface area contributed by atoms with E-state index in [-0.39, 0.29) is 18.6 Å². The first kappa shape index (κ1) is 16.5. The molecular formula is C14H19Cl2N3O2. The van der Waals surface area contributed by atoms with Crippen molar-refractivity contribution in [2.75, 3.05) is 45.2 Å². The number of amides is 1. The van der Waals surface area contributed by atoms with Crippen LogP contribution < -0.4 is 10.6 Å². The molecule has 1 saturated heterocycles. The number of rotatable bonds is 5. The lowest BCUT2D eigenvalue weighted by molar-refractivity contribution is -0.117. The summed E-state index contributed by atoms with van der Waals surface area (Å²) in [6.07, 6.45) is 0.117. The smallest absolute Gasteiger partial charge is 0.238 e. The monoisotopic (exact) mass is 331 g/mol. The summed E-state index contributed by atoms with van der Waals surface area (Å²) in [6, 6.07) is 5.15. The molecule has 7 heteroatoms. The normalized spacial score (nSPS) is 18.8. The molecule has 1 aliphatic rings. The molecule has 1 amide bonds. The molecule has 1 aliphatic heterocycles. The van der Waals surface area contributed by atoms with Gasteiger partial charge in [0.15, 0.2) is 0 Å². The molecule has 0 aliphatic carbocycles. The molecule has 2 rings (SSSR count). The van der Waals surface area contributed by atoms with Gasteiger partial charge in [0.05, 0.1) is 35.0 Å². The Morgan fingerprint density at radius 2 is 2.33 bits per heavy atom. The molecule has 0 saturated carbocycles. The van der Waals surface area contributed by atoms with Crippen LogP contribution in [0.5, 0.6) is 0 Å². The number of hydrogen-bond acceptors (Lipinski definition) is 4. The topological polar surface area (TPSA) is 53.6 Å². The van der Waals surface area contributed by atoms with Crippen molar-refractivity contribution < 1.29 is 9.53 Å². The highest BCUT2D eigenvalue weighted by molar-refractivity contribution is 6.43. The Kier molecular flexibility index (Phi) is 6.26. The van der Waals surface area contributed by atoms with Crippen molar-refractivity contribution in [2.45, 2.75) is 6.10 Å². The van der Waals surface area contributed by atoms with Crippen LogP contribution in [-0.4, -0.2) is 56.7 Å². The summed E-state index contributed by atoms with van der Waals surface area (Å²) >= 11 is 12.0. The summed E-state index contributed by atoms with van der Waals surface area (Å²) in [6.45, 7) is 3.37. The highest BCUT2D eigenvalue weighted by atomic mass is 35.5. The third-order valence-electron chi connectivity index (χ3n) is 3.16. The van der Waals surface area contributed by atoms with Gasteiger partial charge in [-0.25, -0.2) is 0 Å². The fraction of sp³-hybridized carbons (Fsp3) is 0.500. The Balaban J connectivity index is 1.82. The van der Waals surface area contributed by atoms with Gasteiger partial charge in [-0.1, -0.05) is 29.3 Å². The van der Waals surface area contributed by atoms with Crippen LogP contribution in [0, 0.1) is 0 Å². The number of likely N-dealkylation sites (N-methyl/N-ethyl adjacent to an activating group) is 1. The highest BCUT2D eigenvalue weighted by Crippen LogP contribution is 2.29. The quantitative estimate of drug-likeness (QED) is 0.864. The number of morpholine rings is 1. The lowest BCUT2D eigenvalue weighted by atomic mass is 10.3. The molecule has 0 bridgehead atoms. The number of ether oxygens (including phenoxy) is 1. The Morgan fingerprint density at radius 3 is 3.05 bits per heavy atom. The van der Waals surface area contributed by atoms with E-state index in [9.17, 15) is 4.79 Å². The number of nitrogens with zero attached hydrogens (tertiary/aromatic N) is 1. The van der Waals surface area contributed by atoms with Crippen LogP contribution in [0.15, 0.2) is 18.2 Å². The zero-order valence-electron chi connectivity index (χ0n) is 11.9. The van der Waals surface area contributed by atoms with Crippen molar-refractivity contribution in [3.05, 3.63) is 28.2 Å². The molecule has 1 unspecified atom stereocenters. The average Bonchev–Trinajstić information content (AvgIpc) is 2.44. The van der Waals surface area contributed by atoms with Crippen LogP contribution in [0.3, 0.4) is 0 Å². The van der Waals surface area contributed by atoms with E-state index in [0.717, 1.165) is 13.1 Å². The number of nitrogens with one attached hydrogen (secondary N) is 2. The van der Waals surface area contributed by atoms with E-state index in [1.807, 2.05) is 11.9 Å². The van der Waals surface area contributed by atoms with Crippen molar-refractivity contribution in [1.29, 1.82) is 0 Å². The minimum atomic E-state index is -0.134. The van der Waals surface area contributed by atoms with E-state index in [1.165, 1.54) is 0 Å². The van der Waals surface area contributed by atoms with Crippen molar-refractivity contribution in [3.63, 3.8) is 0 Å². The molecule has 116 valence electrons. The summed E-state index contributed by atoms with van der Waals surface area (Å²) in [4.78, 5) is 13.9. The molecule has 1 atom stereocenters. The van der Waals surface area contributed by atoms with Gasteiger partial charge < -0.3 is 15.4 Å². The number of benzene rings is 1. The van der Waals surface area contributed by atoms with E-state index in [1.54, 1.807) is 18.2 Å². The van der Waals surface area contributed by atoms with E-state index in [0.29, 0.717) is 28.9 Å². The van der Waals surface area contributed by atoms with Crippen LogP contribution in [0.1, 0.15) is 0 Å². The molecule has 1 aromatic rings. The molecule has 1 aromatic carbocycles. The number of carbonyl (C=O) groups is 1. The van der Waals surface area contributed by atoms with Crippen molar-refractivity contribution in [1.82, 2.24) is 10.2 Å². The summed E-state index contributed by atoms with van der Waals surface area (Å²) in [7, 11) is 1.89. The standard InChI is InChI=1S/C14H19Cl2N3O2/c1-19(8-10-7-17-5-6-21-10)9-13(20)18-12-4-2-3-11(15)14(12)16/h2-4,10,17H,5-9H2,1H3,(H,18,20). The fourth-order valence-electron chi connectivity index (χ4n) is 2.18. The molecule has 5 nitrogen and oxygen atoms in total. The Hall–Kier alpha value is -0.850. The maximum Gasteiger partial charge on any atom is 0.238 e. The Labute approximate surface area is 134 Å². The van der Waals surface area contributed by atoms with E-state index < -0.39 is 0 Å². The maximum absolute atomic E-state index is 12.0. The number of anilines is 1. The first-order chi connectivity index (χ1) is 10.1. The molecule has 2 N–H and O–H groups in total. The van der Waals surface area contributed by atoms with Gasteiger partial charge in [-0.3, -0.25) is 9.69 Å². The van der Waals surface area contributed by atoms with E-state index >= 15 is 0 Å². The van der Waals surface area contributed by atoms with Gasteiger partial charge in [-0.2, -0.15) is 0 Å². The van der Waals surface area contributed by atoms with Crippen LogP contribution >= 0.6 is 23.2 Å². The number of carbonyl (C=O) groups excluding carboxylic acids is 1. The zero-order chi connectivity index (χ0) is 15.2. The maximum atomic E-state index is 12.0. The first-order valence-electron chi connectivity index (χ1n) is 6.81. The molecule has 0 radical (unpaired) electrons. The lowest BCUT2D eigenvalue weighted by Gasteiger charge is -2.27. The van der Waals surface area contributed by atoms with Gasteiger partial charge in [0.1, 0.15) is 0 Å². The molecule has 21 heavy (non-hydrogen) atoms. The van der Waals surface area contributed by atoms with Crippen LogP contribution in [-0.2, 0) is 9.53 Å². The summed E-state index contributed by atoms with van der Waals surface area (Å²) in [5, 5.41) is 6.81. The third kappa shape index (κ3) is 5.13. The lowest BCUT2D eigenvalue weighted by Crippen LogP contribution is -2.45. The van der Waals surface area contributed by atoms with Gasteiger partial charge in [-0.05, 0) is 19.2 Å². The second-order valence-corrected chi connectivity index (χ2v) is 5.83. The van der Waals surface area contributed by atoms with Gasteiger partial charge in [0.25, 0.3) is 0 Å². The van der Waals surface area contributed by atoms with Crippen LogP contribution in [0.2, 0.25) is 10.0 Å². The molecule has 1 fully saturated rings. The van der Waals surface area contributed by atoms with Gasteiger partial charge in [0, 0.05) is 19.6 Å². The van der Waals surface area contributed by atoms with Crippen LogP contribution in [0.25, 0.3) is 0 Å². The Bertz CT molecular complexity index is 493. The van der Waals surface area contributed by atoms with Crippen molar-refractivity contribution in [3.8, 4) is 0 Å². The van der Waals surface area contributed by atoms with Crippen LogP contribution in [0.4, 0.5) is 5.69 Å². The first-order valence-corrected chi connectivity index (χ1v) is 7.56. The van der Waals surface area contributed by atoms with E-state index in [2.05, 4.69) is 10.6 Å². The average molecular weight is 332 g/mol. The number of halogens is 2. The summed E-state index contributed by atoms with van der Waals surface area (Å²) in [5.74, 6) is -0.134. The number of hydrogen-bond donors (Lipinski definition) is 2.